The summed E-state index contributed by atoms with van der Waals surface area (Å²) in [7, 11) is 0. The first-order valence-corrected chi connectivity index (χ1v) is 5.11. The minimum absolute atomic E-state index is 0.566. The van der Waals surface area contributed by atoms with Crippen molar-refractivity contribution in [3.63, 3.8) is 0 Å². The molecule has 16 heavy (non-hydrogen) atoms. The predicted molar refractivity (Wildman–Crippen MR) is 65.0 cm³/mol. The van der Waals surface area contributed by atoms with Gasteiger partial charge in [-0.05, 0) is 18.1 Å². The summed E-state index contributed by atoms with van der Waals surface area (Å²) in [5, 5.41) is 3.19. The minimum atomic E-state index is 0.566. The van der Waals surface area contributed by atoms with Gasteiger partial charge in [0.2, 0.25) is 0 Å². The van der Waals surface area contributed by atoms with Gasteiger partial charge < -0.3 is 11.1 Å². The smallest absolute Gasteiger partial charge is 0.152 e. The fraction of sp³-hybridized carbons (Fsp3) is 0.167. The number of nitrogens with one attached hydrogen (secondary N) is 1. The fourth-order valence-corrected chi connectivity index (χ4v) is 1.48. The highest BCUT2D eigenvalue weighted by atomic mass is 15.0. The van der Waals surface area contributed by atoms with Crippen molar-refractivity contribution >= 4 is 11.5 Å². The van der Waals surface area contributed by atoms with Crippen LogP contribution in [0.5, 0.6) is 0 Å². The quantitative estimate of drug-likeness (QED) is 0.820. The van der Waals surface area contributed by atoms with Gasteiger partial charge in [0.05, 0.1) is 11.9 Å². The van der Waals surface area contributed by atoms with Gasteiger partial charge >= 0.3 is 0 Å². The molecule has 2 aromatic rings. The Kier molecular flexibility index (Phi) is 3.00. The monoisotopic (exact) mass is 214 g/mol. The number of rotatable bonds is 3. The van der Waals surface area contributed by atoms with Gasteiger partial charge in [0.1, 0.15) is 6.33 Å². The van der Waals surface area contributed by atoms with Gasteiger partial charge in [0, 0.05) is 6.54 Å². The molecule has 0 atom stereocenters. The number of aryl methyl sites for hydroxylation is 1. The Morgan fingerprint density at radius 2 is 2.12 bits per heavy atom. The first-order valence-electron chi connectivity index (χ1n) is 5.11. The zero-order valence-corrected chi connectivity index (χ0v) is 9.14. The molecule has 0 amide bonds. The second-order valence-corrected chi connectivity index (χ2v) is 3.61. The van der Waals surface area contributed by atoms with E-state index in [0.29, 0.717) is 18.1 Å². The summed E-state index contributed by atoms with van der Waals surface area (Å²) in [5.74, 6) is 0.679. The van der Waals surface area contributed by atoms with Crippen LogP contribution in [0, 0.1) is 6.92 Å². The first kappa shape index (κ1) is 10.4. The molecule has 0 fully saturated rings. The number of hydrogen-bond donors (Lipinski definition) is 2. The van der Waals surface area contributed by atoms with E-state index in [1.165, 1.54) is 17.5 Å². The van der Waals surface area contributed by atoms with Crippen LogP contribution in [0.25, 0.3) is 0 Å². The van der Waals surface area contributed by atoms with Crippen LogP contribution in [-0.2, 0) is 6.54 Å². The van der Waals surface area contributed by atoms with Crippen LogP contribution in [0.4, 0.5) is 11.5 Å². The number of nitrogen functional groups attached to an aromatic ring is 1. The molecule has 1 aromatic carbocycles. The van der Waals surface area contributed by atoms with E-state index >= 15 is 0 Å². The number of benzene rings is 1. The lowest BCUT2D eigenvalue weighted by atomic mass is 10.1. The molecule has 0 bridgehead atoms. The van der Waals surface area contributed by atoms with Gasteiger partial charge in [-0.1, -0.05) is 24.3 Å². The molecule has 0 aliphatic rings. The maximum atomic E-state index is 5.74. The third kappa shape index (κ3) is 2.28. The Balaban J connectivity index is 2.09. The molecule has 0 unspecified atom stereocenters. The number of anilines is 2. The van der Waals surface area contributed by atoms with E-state index in [1.54, 1.807) is 6.20 Å². The van der Waals surface area contributed by atoms with E-state index in [2.05, 4.69) is 34.3 Å². The highest BCUT2D eigenvalue weighted by molar-refractivity contribution is 5.59. The van der Waals surface area contributed by atoms with Crippen molar-refractivity contribution in [1.82, 2.24) is 9.97 Å². The molecule has 0 saturated heterocycles. The van der Waals surface area contributed by atoms with Crippen LogP contribution in [0.2, 0.25) is 0 Å². The summed E-state index contributed by atoms with van der Waals surface area (Å²) >= 11 is 0. The van der Waals surface area contributed by atoms with Crippen molar-refractivity contribution in [3.8, 4) is 0 Å². The van der Waals surface area contributed by atoms with Crippen molar-refractivity contribution in [2.75, 3.05) is 11.1 Å². The Morgan fingerprint density at radius 1 is 1.31 bits per heavy atom. The molecule has 0 aliphatic heterocycles. The standard InChI is InChI=1S/C12H14N4/c1-9-4-2-3-5-10(9)6-15-12-11(13)7-14-8-16-12/h2-5,7-8H,6,13H2,1H3,(H,14,15,16). The number of nitrogens with zero attached hydrogens (tertiary/aromatic N) is 2. The van der Waals surface area contributed by atoms with E-state index in [-0.39, 0.29) is 0 Å². The molecule has 0 saturated carbocycles. The summed E-state index contributed by atoms with van der Waals surface area (Å²) < 4.78 is 0. The second-order valence-electron chi connectivity index (χ2n) is 3.61. The molecule has 4 nitrogen and oxygen atoms in total. The van der Waals surface area contributed by atoms with E-state index in [0.717, 1.165) is 0 Å². The van der Waals surface area contributed by atoms with Crippen LogP contribution in [-0.4, -0.2) is 9.97 Å². The topological polar surface area (TPSA) is 63.8 Å². The molecule has 3 N–H and O–H groups in total. The van der Waals surface area contributed by atoms with Gasteiger partial charge in [-0.15, -0.1) is 0 Å². The van der Waals surface area contributed by atoms with Gasteiger partial charge in [-0.2, -0.15) is 0 Å². The summed E-state index contributed by atoms with van der Waals surface area (Å²) in [6.45, 7) is 2.80. The molecule has 4 heteroatoms. The molecule has 1 aromatic heterocycles. The van der Waals surface area contributed by atoms with E-state index in [9.17, 15) is 0 Å². The summed E-state index contributed by atoms with van der Waals surface area (Å²) in [6.07, 6.45) is 3.07. The van der Waals surface area contributed by atoms with Crippen LogP contribution < -0.4 is 11.1 Å². The molecule has 0 spiro atoms. The lowest BCUT2D eigenvalue weighted by Gasteiger charge is -2.09. The molecular formula is C12H14N4. The predicted octanol–water partition coefficient (Wildman–Crippen LogP) is 1.98. The molecular weight excluding hydrogens is 200 g/mol. The maximum absolute atomic E-state index is 5.74. The molecule has 2 rings (SSSR count). The van der Waals surface area contributed by atoms with Crippen molar-refractivity contribution in [3.05, 3.63) is 47.9 Å². The maximum Gasteiger partial charge on any atom is 0.152 e. The Hall–Kier alpha value is -2.10. The number of nitrogens with two attached hydrogens (primary N) is 1. The second kappa shape index (κ2) is 4.61. The normalized spacial score (nSPS) is 10.1. The zero-order valence-electron chi connectivity index (χ0n) is 9.14. The highest BCUT2D eigenvalue weighted by Crippen LogP contribution is 2.14. The Labute approximate surface area is 94.5 Å². The molecule has 82 valence electrons. The van der Waals surface area contributed by atoms with E-state index in [4.69, 9.17) is 5.73 Å². The lowest BCUT2D eigenvalue weighted by molar-refractivity contribution is 1.07. The van der Waals surface area contributed by atoms with Crippen LogP contribution in [0.15, 0.2) is 36.8 Å². The molecule has 0 radical (unpaired) electrons. The van der Waals surface area contributed by atoms with Crippen molar-refractivity contribution in [2.24, 2.45) is 0 Å². The number of aromatic nitrogens is 2. The fourth-order valence-electron chi connectivity index (χ4n) is 1.48. The van der Waals surface area contributed by atoms with E-state index in [1.807, 2.05) is 12.1 Å². The van der Waals surface area contributed by atoms with Gasteiger partial charge in [-0.3, -0.25) is 0 Å². The van der Waals surface area contributed by atoms with Crippen molar-refractivity contribution < 1.29 is 0 Å². The van der Waals surface area contributed by atoms with Crippen molar-refractivity contribution in [1.29, 1.82) is 0 Å². The summed E-state index contributed by atoms with van der Waals surface area (Å²) in [5.41, 5.74) is 8.79. The minimum Gasteiger partial charge on any atom is -0.394 e. The van der Waals surface area contributed by atoms with Crippen molar-refractivity contribution in [2.45, 2.75) is 13.5 Å². The van der Waals surface area contributed by atoms with E-state index < -0.39 is 0 Å². The third-order valence-corrected chi connectivity index (χ3v) is 2.45. The van der Waals surface area contributed by atoms with Crippen LogP contribution >= 0.6 is 0 Å². The Morgan fingerprint density at radius 3 is 2.88 bits per heavy atom. The van der Waals surface area contributed by atoms with Crippen LogP contribution in [0.3, 0.4) is 0 Å². The summed E-state index contributed by atoms with van der Waals surface area (Å²) in [6, 6.07) is 8.21. The zero-order chi connectivity index (χ0) is 11.4. The SMILES string of the molecule is Cc1ccccc1CNc1ncncc1N. The van der Waals surface area contributed by atoms with Crippen LogP contribution in [0.1, 0.15) is 11.1 Å². The van der Waals surface area contributed by atoms with Gasteiger partial charge in [0.25, 0.3) is 0 Å². The largest absolute Gasteiger partial charge is 0.394 e. The van der Waals surface area contributed by atoms with Gasteiger partial charge in [0.15, 0.2) is 5.82 Å². The van der Waals surface area contributed by atoms with Gasteiger partial charge in [-0.25, -0.2) is 9.97 Å². The first-order chi connectivity index (χ1) is 7.77. The average Bonchev–Trinajstić information content (AvgIpc) is 2.30. The average molecular weight is 214 g/mol. The number of hydrogen-bond acceptors (Lipinski definition) is 4. The summed E-state index contributed by atoms with van der Waals surface area (Å²) in [4.78, 5) is 7.92. The lowest BCUT2D eigenvalue weighted by Crippen LogP contribution is -2.05. The Bertz CT molecular complexity index is 436. The highest BCUT2D eigenvalue weighted by Gasteiger charge is 2.00. The molecule has 1 heterocycles. The molecule has 0 aliphatic carbocycles. The third-order valence-electron chi connectivity index (χ3n) is 2.45.